The molecule has 0 saturated heterocycles. The number of ketones is 1. The van der Waals surface area contributed by atoms with Gasteiger partial charge in [0.25, 0.3) is 10.1 Å². The fraction of sp³-hybridized carbons (Fsp3) is 0.731. The molecule has 0 amide bonds. The molecule has 0 radical (unpaired) electrons. The van der Waals surface area contributed by atoms with Gasteiger partial charge in [-0.05, 0) is 98.5 Å². The maximum absolute atomic E-state index is 12.8. The lowest BCUT2D eigenvalue weighted by atomic mass is 9.45. The molecule has 4 fully saturated rings. The molecule has 31 heavy (non-hydrogen) atoms. The molecule has 0 heterocycles. The van der Waals surface area contributed by atoms with Crippen LogP contribution in [0, 0.1) is 41.4 Å². The highest BCUT2D eigenvalue weighted by Gasteiger charge is 2.59. The highest BCUT2D eigenvalue weighted by atomic mass is 32.2. The molecular weight excluding hydrogens is 408 g/mol. The summed E-state index contributed by atoms with van der Waals surface area (Å²) in [5.41, 5.74) is 1.52. The van der Waals surface area contributed by atoms with Crippen LogP contribution in [0.25, 0.3) is 0 Å². The summed E-state index contributed by atoms with van der Waals surface area (Å²) in [6.45, 7) is 6.76. The van der Waals surface area contributed by atoms with E-state index in [1.54, 1.807) is 12.1 Å². The van der Waals surface area contributed by atoms with Crippen molar-refractivity contribution in [2.24, 2.45) is 34.5 Å². The van der Waals surface area contributed by atoms with E-state index in [2.05, 4.69) is 13.8 Å². The van der Waals surface area contributed by atoms with Crippen molar-refractivity contribution in [3.8, 4) is 0 Å². The lowest BCUT2D eigenvalue weighted by molar-refractivity contribution is -0.119. The van der Waals surface area contributed by atoms with Crippen LogP contribution in [-0.2, 0) is 19.1 Å². The zero-order chi connectivity index (χ0) is 22.0. The largest absolute Gasteiger partial charge is 0.300 e. The third-order valence-corrected chi connectivity index (χ3v) is 11.1. The quantitative estimate of drug-likeness (QED) is 0.563. The number of hydrogen-bond donors (Lipinski definition) is 0. The van der Waals surface area contributed by atoms with Crippen molar-refractivity contribution in [3.63, 3.8) is 0 Å². The van der Waals surface area contributed by atoms with Crippen molar-refractivity contribution in [3.05, 3.63) is 29.8 Å². The first-order valence-electron chi connectivity index (χ1n) is 12.1. The van der Waals surface area contributed by atoms with Crippen molar-refractivity contribution < 1.29 is 17.4 Å². The Balaban J connectivity index is 1.30. The van der Waals surface area contributed by atoms with Crippen LogP contribution in [0.15, 0.2) is 29.2 Å². The fourth-order valence-corrected chi connectivity index (χ4v) is 9.14. The normalized spacial score (nSPS) is 42.5. The molecule has 4 aliphatic carbocycles. The van der Waals surface area contributed by atoms with Gasteiger partial charge in [-0.15, -0.1) is 0 Å². The van der Waals surface area contributed by atoms with E-state index in [9.17, 15) is 13.2 Å². The third kappa shape index (κ3) is 3.60. The average Bonchev–Trinajstić information content (AvgIpc) is 3.02. The van der Waals surface area contributed by atoms with E-state index in [0.717, 1.165) is 44.1 Å². The van der Waals surface area contributed by atoms with Crippen LogP contribution in [0.4, 0.5) is 0 Å². The first-order chi connectivity index (χ1) is 14.6. The van der Waals surface area contributed by atoms with Gasteiger partial charge in [-0.25, -0.2) is 0 Å². The number of hydrogen-bond acceptors (Lipinski definition) is 4. The summed E-state index contributed by atoms with van der Waals surface area (Å²) in [4.78, 5) is 12.5. The topological polar surface area (TPSA) is 60.4 Å². The Morgan fingerprint density at radius 2 is 1.71 bits per heavy atom. The molecule has 5 rings (SSSR count). The van der Waals surface area contributed by atoms with Crippen molar-refractivity contribution in [1.82, 2.24) is 0 Å². The van der Waals surface area contributed by atoms with Crippen LogP contribution in [-0.4, -0.2) is 20.3 Å². The zero-order valence-electron chi connectivity index (χ0n) is 19.1. The first-order valence-corrected chi connectivity index (χ1v) is 13.5. The Morgan fingerprint density at radius 3 is 2.45 bits per heavy atom. The number of carbonyl (C=O) groups is 1. The van der Waals surface area contributed by atoms with Crippen LogP contribution in [0.3, 0.4) is 0 Å². The second-order valence-electron chi connectivity index (χ2n) is 11.5. The molecule has 170 valence electrons. The summed E-state index contributed by atoms with van der Waals surface area (Å²) < 4.78 is 31.4. The second-order valence-corrected chi connectivity index (χ2v) is 13.1. The van der Waals surface area contributed by atoms with Crippen molar-refractivity contribution in [1.29, 1.82) is 0 Å². The standard InChI is InChI=1S/C26H36O4S/c1-17-4-7-21(8-5-17)31(28,29)30-20-10-13-26(3)18(14-20)6-9-22-23(26)11-12-25(2)16-19(27)15-24(22)25/h4-5,7-8,18,20,22-24H,6,9-16H2,1-3H3/t18-,20-,22-,23+,24-,25+,26-/m1/s1. The number of fused-ring (bicyclic) bond motifs is 5. The van der Waals surface area contributed by atoms with Crippen LogP contribution < -0.4 is 0 Å². The predicted molar refractivity (Wildman–Crippen MR) is 120 cm³/mol. The molecule has 5 heteroatoms. The molecule has 0 unspecified atom stereocenters. The van der Waals surface area contributed by atoms with E-state index in [0.29, 0.717) is 29.5 Å². The van der Waals surface area contributed by atoms with Crippen LogP contribution in [0.2, 0.25) is 0 Å². The molecule has 0 aromatic heterocycles. The second kappa shape index (κ2) is 7.41. The Labute approximate surface area is 187 Å². The molecule has 0 N–H and O–H groups in total. The summed E-state index contributed by atoms with van der Waals surface area (Å²) in [5.74, 6) is 2.89. The molecular formula is C26H36O4S. The van der Waals surface area contributed by atoms with Gasteiger partial charge in [0.1, 0.15) is 5.78 Å². The SMILES string of the molecule is Cc1ccc(S(=O)(=O)O[C@@H]2CC[C@]3(C)[C@H](CC[C@H]4[C@H]5CC(=O)C[C@]5(C)CC[C@@H]43)C2)cc1. The summed E-state index contributed by atoms with van der Waals surface area (Å²) in [5, 5.41) is 0. The van der Waals surface area contributed by atoms with Gasteiger partial charge in [-0.1, -0.05) is 31.5 Å². The van der Waals surface area contributed by atoms with Gasteiger partial charge in [0.2, 0.25) is 0 Å². The van der Waals surface area contributed by atoms with Crippen LogP contribution >= 0.6 is 0 Å². The molecule has 0 spiro atoms. The van der Waals surface area contributed by atoms with Gasteiger partial charge < -0.3 is 0 Å². The Hall–Kier alpha value is -1.20. The summed E-state index contributed by atoms with van der Waals surface area (Å²) in [6, 6.07) is 6.93. The summed E-state index contributed by atoms with van der Waals surface area (Å²) >= 11 is 0. The Kier molecular flexibility index (Phi) is 5.17. The smallest absolute Gasteiger partial charge is 0.297 e. The van der Waals surface area contributed by atoms with Crippen molar-refractivity contribution in [2.45, 2.75) is 89.6 Å². The van der Waals surface area contributed by atoms with Crippen LogP contribution in [0.1, 0.15) is 77.2 Å². The molecule has 4 saturated carbocycles. The van der Waals surface area contributed by atoms with Gasteiger partial charge in [-0.3, -0.25) is 8.98 Å². The number of rotatable bonds is 3. The van der Waals surface area contributed by atoms with Gasteiger partial charge in [0, 0.05) is 12.8 Å². The predicted octanol–water partition coefficient (Wildman–Crippen LogP) is 5.68. The lowest BCUT2D eigenvalue weighted by Gasteiger charge is -2.60. The molecule has 1 aromatic carbocycles. The van der Waals surface area contributed by atoms with Gasteiger partial charge in [-0.2, -0.15) is 8.42 Å². The van der Waals surface area contributed by atoms with E-state index in [1.807, 2.05) is 19.1 Å². The monoisotopic (exact) mass is 444 g/mol. The van der Waals surface area contributed by atoms with E-state index in [-0.39, 0.29) is 21.8 Å². The highest BCUT2D eigenvalue weighted by Crippen LogP contribution is 2.65. The maximum atomic E-state index is 12.8. The van der Waals surface area contributed by atoms with E-state index in [4.69, 9.17) is 4.18 Å². The van der Waals surface area contributed by atoms with Gasteiger partial charge in [0.15, 0.2) is 0 Å². The van der Waals surface area contributed by atoms with Crippen molar-refractivity contribution >= 4 is 15.9 Å². The van der Waals surface area contributed by atoms with E-state index < -0.39 is 10.1 Å². The zero-order valence-corrected chi connectivity index (χ0v) is 19.9. The highest BCUT2D eigenvalue weighted by molar-refractivity contribution is 7.86. The Bertz CT molecular complexity index is 968. The maximum Gasteiger partial charge on any atom is 0.297 e. The first kappa shape index (κ1) is 21.6. The lowest BCUT2D eigenvalue weighted by Crippen LogP contribution is -2.53. The minimum Gasteiger partial charge on any atom is -0.300 e. The third-order valence-electron chi connectivity index (χ3n) is 9.76. The number of Topliss-reactive ketones (excluding diaryl/α,β-unsaturated/α-hetero) is 1. The summed E-state index contributed by atoms with van der Waals surface area (Å²) in [6.07, 6.45) is 8.77. The van der Waals surface area contributed by atoms with Gasteiger partial charge >= 0.3 is 0 Å². The van der Waals surface area contributed by atoms with Crippen molar-refractivity contribution in [2.75, 3.05) is 0 Å². The number of aryl methyl sites for hydroxylation is 1. The average molecular weight is 445 g/mol. The molecule has 4 nitrogen and oxygen atoms in total. The van der Waals surface area contributed by atoms with E-state index >= 15 is 0 Å². The minimum atomic E-state index is -3.72. The molecule has 0 aliphatic heterocycles. The minimum absolute atomic E-state index is 0.220. The number of carbonyl (C=O) groups excluding carboxylic acids is 1. The Morgan fingerprint density at radius 1 is 0.968 bits per heavy atom. The molecule has 0 bridgehead atoms. The molecule has 7 atom stereocenters. The molecule has 1 aromatic rings. The fourth-order valence-electron chi connectivity index (χ4n) is 8.03. The number of benzene rings is 1. The van der Waals surface area contributed by atoms with Crippen LogP contribution in [0.5, 0.6) is 0 Å². The molecule has 4 aliphatic rings. The van der Waals surface area contributed by atoms with E-state index in [1.165, 1.54) is 19.3 Å². The van der Waals surface area contributed by atoms with Gasteiger partial charge in [0.05, 0.1) is 11.0 Å². The summed E-state index contributed by atoms with van der Waals surface area (Å²) in [7, 11) is -3.72.